The number of carbonyl (C=O) groups is 3. The molecule has 0 fully saturated rings. The van der Waals surface area contributed by atoms with Crippen LogP contribution in [-0.2, 0) is 14.3 Å². The molecule has 0 aliphatic carbocycles. The molecule has 0 aliphatic rings. The van der Waals surface area contributed by atoms with E-state index in [0.29, 0.717) is 5.69 Å². The number of hydrogen-bond acceptors (Lipinski definition) is 6. The maximum Gasteiger partial charge on any atom is 0.359 e. The number of ether oxygens (including phenoxy) is 1. The summed E-state index contributed by atoms with van der Waals surface area (Å²) in [5.41, 5.74) is 0.316. The lowest BCUT2D eigenvalue weighted by Crippen LogP contribution is -2.46. The zero-order valence-corrected chi connectivity index (χ0v) is 14.0. The van der Waals surface area contributed by atoms with Crippen molar-refractivity contribution in [2.45, 2.75) is 33.2 Å². The highest BCUT2D eigenvalue weighted by atomic mass is 16.5. The van der Waals surface area contributed by atoms with Crippen molar-refractivity contribution in [1.29, 1.82) is 0 Å². The molecule has 0 saturated carbocycles. The van der Waals surface area contributed by atoms with Crippen molar-refractivity contribution in [3.05, 3.63) is 23.8 Å². The summed E-state index contributed by atoms with van der Waals surface area (Å²) in [4.78, 5) is 44.3. The fourth-order valence-electron chi connectivity index (χ4n) is 1.57. The minimum atomic E-state index is -0.738. The van der Waals surface area contributed by atoms with Gasteiger partial charge in [-0.3, -0.25) is 14.6 Å². The third kappa shape index (κ3) is 6.86. The van der Waals surface area contributed by atoms with Gasteiger partial charge in [-0.05, 0) is 27.7 Å². The van der Waals surface area contributed by atoms with E-state index >= 15 is 0 Å². The molecular formula is C15H22N4O4. The zero-order valence-electron chi connectivity index (χ0n) is 14.0. The molecule has 8 heteroatoms. The molecule has 1 N–H and O–H groups in total. The summed E-state index contributed by atoms with van der Waals surface area (Å²) in [6, 6.07) is 0. The van der Waals surface area contributed by atoms with Crippen molar-refractivity contribution >= 4 is 17.8 Å². The molecule has 2 amide bonds. The highest BCUT2D eigenvalue weighted by Crippen LogP contribution is 2.00. The van der Waals surface area contributed by atoms with Crippen LogP contribution in [0, 0.1) is 6.92 Å². The van der Waals surface area contributed by atoms with Crippen LogP contribution in [0.25, 0.3) is 0 Å². The monoisotopic (exact) mass is 322 g/mol. The molecule has 1 heterocycles. The Balaban J connectivity index is 2.45. The second kappa shape index (κ2) is 7.66. The molecule has 0 aromatic carbocycles. The van der Waals surface area contributed by atoms with E-state index < -0.39 is 18.5 Å². The summed E-state index contributed by atoms with van der Waals surface area (Å²) in [7, 11) is 1.46. The van der Waals surface area contributed by atoms with Crippen LogP contribution in [0.1, 0.15) is 37.0 Å². The van der Waals surface area contributed by atoms with Crippen LogP contribution in [0.3, 0.4) is 0 Å². The minimum Gasteiger partial charge on any atom is -0.451 e. The number of rotatable bonds is 5. The van der Waals surface area contributed by atoms with E-state index in [1.165, 1.54) is 24.3 Å². The minimum absolute atomic E-state index is 0.0246. The molecule has 0 radical (unpaired) electrons. The lowest BCUT2D eigenvalue weighted by atomic mass is 10.1. The number of nitrogens with one attached hydrogen (secondary N) is 1. The van der Waals surface area contributed by atoms with Crippen molar-refractivity contribution in [1.82, 2.24) is 20.2 Å². The summed E-state index contributed by atoms with van der Waals surface area (Å²) in [6.07, 6.45) is 2.71. The van der Waals surface area contributed by atoms with Gasteiger partial charge < -0.3 is 15.0 Å². The van der Waals surface area contributed by atoms with Gasteiger partial charge in [0.25, 0.3) is 5.91 Å². The molecule has 1 aromatic rings. The second-order valence-electron chi connectivity index (χ2n) is 6.17. The highest BCUT2D eigenvalue weighted by molar-refractivity contribution is 5.90. The van der Waals surface area contributed by atoms with Gasteiger partial charge in [-0.25, -0.2) is 9.78 Å². The summed E-state index contributed by atoms with van der Waals surface area (Å²) in [5, 5.41) is 2.74. The van der Waals surface area contributed by atoms with Gasteiger partial charge in [-0.1, -0.05) is 0 Å². The maximum atomic E-state index is 11.9. The number of esters is 1. The summed E-state index contributed by atoms with van der Waals surface area (Å²) < 4.78 is 4.87. The Bertz CT molecular complexity index is 578. The third-order valence-electron chi connectivity index (χ3n) is 2.64. The van der Waals surface area contributed by atoms with Gasteiger partial charge in [0, 0.05) is 18.8 Å². The van der Waals surface area contributed by atoms with Gasteiger partial charge >= 0.3 is 5.97 Å². The lowest BCUT2D eigenvalue weighted by molar-refractivity contribution is -0.137. The van der Waals surface area contributed by atoms with Crippen molar-refractivity contribution in [2.75, 3.05) is 20.2 Å². The van der Waals surface area contributed by atoms with Crippen molar-refractivity contribution in [3.63, 3.8) is 0 Å². The molecule has 0 spiro atoms. The Morgan fingerprint density at radius 2 is 1.87 bits per heavy atom. The van der Waals surface area contributed by atoms with Crippen LogP contribution < -0.4 is 5.32 Å². The number of nitrogens with zero attached hydrogens (tertiary/aromatic N) is 3. The van der Waals surface area contributed by atoms with Crippen LogP contribution in [0.2, 0.25) is 0 Å². The molecule has 1 aromatic heterocycles. The Morgan fingerprint density at radius 1 is 1.22 bits per heavy atom. The molecule has 126 valence electrons. The Labute approximate surface area is 135 Å². The molecule has 0 saturated heterocycles. The Hall–Kier alpha value is -2.51. The Morgan fingerprint density at radius 3 is 2.39 bits per heavy atom. The molecule has 0 atom stereocenters. The molecule has 0 unspecified atom stereocenters. The van der Waals surface area contributed by atoms with Gasteiger partial charge in [-0.2, -0.15) is 0 Å². The SMILES string of the molecule is Cc1cnc(C(=O)OCC(=O)N(C)CC(=O)NC(C)(C)C)cn1. The average Bonchev–Trinajstić information content (AvgIpc) is 2.42. The smallest absolute Gasteiger partial charge is 0.359 e. The van der Waals surface area contributed by atoms with Gasteiger partial charge in [0.05, 0.1) is 18.4 Å². The van der Waals surface area contributed by atoms with Crippen LogP contribution >= 0.6 is 0 Å². The average molecular weight is 322 g/mol. The largest absolute Gasteiger partial charge is 0.451 e. The van der Waals surface area contributed by atoms with Crippen LogP contribution in [0.15, 0.2) is 12.4 Å². The Kier molecular flexibility index (Phi) is 6.18. The van der Waals surface area contributed by atoms with Gasteiger partial charge in [0.2, 0.25) is 5.91 Å². The number of aryl methyl sites for hydroxylation is 1. The van der Waals surface area contributed by atoms with Gasteiger partial charge in [0.1, 0.15) is 0 Å². The molecule has 8 nitrogen and oxygen atoms in total. The molecule has 0 aliphatic heterocycles. The topological polar surface area (TPSA) is 101 Å². The molecule has 23 heavy (non-hydrogen) atoms. The first-order valence-corrected chi connectivity index (χ1v) is 7.09. The van der Waals surface area contributed by atoms with E-state index in [2.05, 4.69) is 15.3 Å². The first-order valence-electron chi connectivity index (χ1n) is 7.09. The second-order valence-corrected chi connectivity index (χ2v) is 6.17. The number of likely N-dealkylation sites (N-methyl/N-ethyl adjacent to an activating group) is 1. The fourth-order valence-corrected chi connectivity index (χ4v) is 1.57. The van der Waals surface area contributed by atoms with Gasteiger partial charge in [0.15, 0.2) is 12.3 Å². The normalized spacial score (nSPS) is 10.8. The summed E-state index contributed by atoms with van der Waals surface area (Å²) >= 11 is 0. The summed E-state index contributed by atoms with van der Waals surface area (Å²) in [5.74, 6) is -1.51. The van der Waals surface area contributed by atoms with Crippen molar-refractivity contribution in [2.24, 2.45) is 0 Å². The third-order valence-corrected chi connectivity index (χ3v) is 2.64. The predicted molar refractivity (Wildman–Crippen MR) is 82.6 cm³/mol. The number of carbonyl (C=O) groups excluding carboxylic acids is 3. The van der Waals surface area contributed by atoms with E-state index in [0.717, 1.165) is 0 Å². The van der Waals surface area contributed by atoms with E-state index in [-0.39, 0.29) is 23.7 Å². The van der Waals surface area contributed by atoms with Crippen LogP contribution in [0.5, 0.6) is 0 Å². The van der Waals surface area contributed by atoms with E-state index in [9.17, 15) is 14.4 Å². The van der Waals surface area contributed by atoms with E-state index in [4.69, 9.17) is 4.74 Å². The highest BCUT2D eigenvalue weighted by Gasteiger charge is 2.19. The number of hydrogen-bond donors (Lipinski definition) is 1. The quantitative estimate of drug-likeness (QED) is 0.783. The van der Waals surface area contributed by atoms with E-state index in [1.54, 1.807) is 6.92 Å². The van der Waals surface area contributed by atoms with E-state index in [1.807, 2.05) is 20.8 Å². The fraction of sp³-hybridized carbons (Fsp3) is 0.533. The first kappa shape index (κ1) is 18.5. The van der Waals surface area contributed by atoms with Crippen LogP contribution in [0.4, 0.5) is 0 Å². The molecule has 1 rings (SSSR count). The number of amides is 2. The van der Waals surface area contributed by atoms with Crippen molar-refractivity contribution in [3.8, 4) is 0 Å². The summed E-state index contributed by atoms with van der Waals surface area (Å²) in [6.45, 7) is 6.69. The molecular weight excluding hydrogens is 300 g/mol. The first-order chi connectivity index (χ1) is 10.6. The standard InChI is InChI=1S/C15H22N4O4/c1-10-6-17-11(7-16-10)14(22)23-9-13(21)19(5)8-12(20)18-15(2,3)4/h6-7H,8-9H2,1-5H3,(H,18,20). The van der Waals surface area contributed by atoms with Gasteiger partial charge in [-0.15, -0.1) is 0 Å². The maximum absolute atomic E-state index is 11.9. The zero-order chi connectivity index (χ0) is 17.6. The van der Waals surface area contributed by atoms with Crippen LogP contribution in [-0.4, -0.2) is 58.4 Å². The number of aromatic nitrogens is 2. The molecule has 0 bridgehead atoms. The van der Waals surface area contributed by atoms with Crippen molar-refractivity contribution < 1.29 is 19.1 Å². The predicted octanol–water partition coefficient (Wildman–Crippen LogP) is 0.315. The lowest BCUT2D eigenvalue weighted by Gasteiger charge is -2.23.